The predicted octanol–water partition coefficient (Wildman–Crippen LogP) is 4.98. The van der Waals surface area contributed by atoms with Crippen molar-refractivity contribution in [2.24, 2.45) is 0 Å². The summed E-state index contributed by atoms with van der Waals surface area (Å²) in [5.41, 5.74) is 3.68. The van der Waals surface area contributed by atoms with Gasteiger partial charge in [0, 0.05) is 10.1 Å². The van der Waals surface area contributed by atoms with Crippen LogP contribution in [0.4, 0.5) is 0 Å². The van der Waals surface area contributed by atoms with Gasteiger partial charge in [-0.2, -0.15) is 0 Å². The highest BCUT2D eigenvalue weighted by Crippen LogP contribution is 2.38. The molecule has 21 heavy (non-hydrogen) atoms. The van der Waals surface area contributed by atoms with E-state index in [9.17, 15) is 0 Å². The number of hydrogen-bond acceptors (Lipinski definition) is 3. The second-order valence-electron chi connectivity index (χ2n) is 5.39. The first-order valence-corrected chi connectivity index (χ1v) is 8.05. The molecule has 2 heterocycles. The largest absolute Gasteiger partial charge is 0.454 e. The minimum atomic E-state index is 0.320. The molecule has 0 spiro atoms. The molecule has 4 rings (SSSR count). The Morgan fingerprint density at radius 1 is 1.00 bits per heavy atom. The minimum Gasteiger partial charge on any atom is -0.454 e. The molecule has 1 atom stereocenters. The summed E-state index contributed by atoms with van der Waals surface area (Å²) in [6.45, 7) is 2.59. The second-order valence-corrected chi connectivity index (χ2v) is 6.87. The lowest BCUT2D eigenvalue weighted by Gasteiger charge is -2.10. The first-order valence-electron chi connectivity index (χ1n) is 7.17. The van der Waals surface area contributed by atoms with Crippen LogP contribution in [0.5, 0.6) is 11.5 Å². The van der Waals surface area contributed by atoms with Crippen molar-refractivity contribution < 1.29 is 9.47 Å². The van der Waals surface area contributed by atoms with Gasteiger partial charge in [-0.05, 0) is 47.4 Å². The minimum absolute atomic E-state index is 0.320. The van der Waals surface area contributed by atoms with E-state index in [0.29, 0.717) is 12.0 Å². The van der Waals surface area contributed by atoms with Gasteiger partial charge < -0.3 is 9.47 Å². The third-order valence-corrected chi connectivity index (χ3v) is 5.03. The van der Waals surface area contributed by atoms with E-state index in [-0.39, 0.29) is 0 Å². The molecule has 0 radical (unpaired) electrons. The van der Waals surface area contributed by atoms with E-state index in [1.165, 1.54) is 16.0 Å². The summed E-state index contributed by atoms with van der Waals surface area (Å²) in [6.07, 6.45) is 5.63. The number of benzene rings is 2. The second kappa shape index (κ2) is 5.15. The van der Waals surface area contributed by atoms with Crippen LogP contribution in [0.15, 0.2) is 47.4 Å². The van der Waals surface area contributed by atoms with Crippen LogP contribution >= 0.6 is 11.8 Å². The van der Waals surface area contributed by atoms with E-state index in [2.05, 4.69) is 49.4 Å². The molecule has 2 aromatic carbocycles. The molecule has 0 amide bonds. The van der Waals surface area contributed by atoms with Crippen molar-refractivity contribution in [1.29, 1.82) is 0 Å². The Balaban J connectivity index is 1.74. The zero-order valence-corrected chi connectivity index (χ0v) is 12.7. The molecule has 2 aliphatic rings. The summed E-state index contributed by atoms with van der Waals surface area (Å²) in [5.74, 6) is 1.67. The molecule has 0 fully saturated rings. The number of rotatable bonds is 1. The number of fused-ring (bicyclic) bond motifs is 2. The molecular formula is C18H16O2S. The maximum Gasteiger partial charge on any atom is 0.231 e. The molecular weight excluding hydrogens is 280 g/mol. The van der Waals surface area contributed by atoms with Crippen LogP contribution in [-0.4, -0.2) is 12.0 Å². The van der Waals surface area contributed by atoms with Crippen LogP contribution in [0, 0.1) is 0 Å². The number of ether oxygens (including phenoxy) is 2. The highest BCUT2D eigenvalue weighted by atomic mass is 32.2. The van der Waals surface area contributed by atoms with Crippen molar-refractivity contribution in [3.05, 3.63) is 48.0 Å². The highest BCUT2D eigenvalue weighted by molar-refractivity contribution is 8.00. The molecule has 0 N–H and O–H groups in total. The van der Waals surface area contributed by atoms with Crippen LogP contribution in [0.1, 0.15) is 18.9 Å². The highest BCUT2D eigenvalue weighted by Gasteiger charge is 2.15. The molecule has 1 unspecified atom stereocenters. The third-order valence-electron chi connectivity index (χ3n) is 3.81. The summed E-state index contributed by atoms with van der Waals surface area (Å²) < 4.78 is 10.8. The van der Waals surface area contributed by atoms with Gasteiger partial charge in [0.2, 0.25) is 6.79 Å². The number of allylic oxidation sites excluding steroid dienone is 1. The van der Waals surface area contributed by atoms with Gasteiger partial charge in [-0.25, -0.2) is 0 Å². The van der Waals surface area contributed by atoms with Crippen molar-refractivity contribution >= 4 is 17.8 Å². The van der Waals surface area contributed by atoms with E-state index in [0.717, 1.165) is 23.5 Å². The lowest BCUT2D eigenvalue weighted by atomic mass is 10.0. The quantitative estimate of drug-likeness (QED) is 0.739. The monoisotopic (exact) mass is 296 g/mol. The standard InChI is InChI=1S/C18H16O2S/c1-12-3-2-4-15-9-13(6-8-18(15)21-12)14-5-7-16-17(10-14)20-11-19-16/h2,4-10,12H,3,11H2,1H3. The van der Waals surface area contributed by atoms with Crippen molar-refractivity contribution in [3.8, 4) is 22.6 Å². The SMILES string of the molecule is CC1CC=Cc2cc(-c3ccc4c(c3)OCO4)ccc2S1. The fourth-order valence-electron chi connectivity index (χ4n) is 2.69. The van der Waals surface area contributed by atoms with Crippen LogP contribution in [0.2, 0.25) is 0 Å². The topological polar surface area (TPSA) is 18.5 Å². The van der Waals surface area contributed by atoms with Crippen molar-refractivity contribution in [2.45, 2.75) is 23.5 Å². The average Bonchev–Trinajstić information content (AvgIpc) is 2.88. The van der Waals surface area contributed by atoms with E-state index in [4.69, 9.17) is 9.47 Å². The van der Waals surface area contributed by atoms with E-state index >= 15 is 0 Å². The van der Waals surface area contributed by atoms with Gasteiger partial charge in [0.25, 0.3) is 0 Å². The first kappa shape index (κ1) is 12.8. The Kier molecular flexibility index (Phi) is 3.15. The van der Waals surface area contributed by atoms with Gasteiger partial charge in [-0.1, -0.05) is 31.2 Å². The van der Waals surface area contributed by atoms with Crippen LogP contribution < -0.4 is 9.47 Å². The third kappa shape index (κ3) is 2.42. The zero-order valence-electron chi connectivity index (χ0n) is 11.8. The van der Waals surface area contributed by atoms with Gasteiger partial charge in [-0.3, -0.25) is 0 Å². The van der Waals surface area contributed by atoms with Crippen molar-refractivity contribution in [3.63, 3.8) is 0 Å². The normalized spacial score (nSPS) is 19.2. The van der Waals surface area contributed by atoms with E-state index in [1.807, 2.05) is 17.8 Å². The molecule has 0 aromatic heterocycles. The maximum atomic E-state index is 5.47. The smallest absolute Gasteiger partial charge is 0.231 e. The maximum absolute atomic E-state index is 5.47. The molecule has 0 saturated heterocycles. The predicted molar refractivity (Wildman–Crippen MR) is 87.0 cm³/mol. The van der Waals surface area contributed by atoms with Gasteiger partial charge in [0.15, 0.2) is 11.5 Å². The Morgan fingerprint density at radius 3 is 2.76 bits per heavy atom. The summed E-state index contributed by atoms with van der Waals surface area (Å²) in [6, 6.07) is 12.8. The zero-order chi connectivity index (χ0) is 14.2. The van der Waals surface area contributed by atoms with Crippen molar-refractivity contribution in [1.82, 2.24) is 0 Å². The summed E-state index contributed by atoms with van der Waals surface area (Å²) in [7, 11) is 0. The molecule has 2 aromatic rings. The van der Waals surface area contributed by atoms with Crippen molar-refractivity contribution in [2.75, 3.05) is 6.79 Å². The first-order chi connectivity index (χ1) is 10.3. The Bertz CT molecular complexity index is 721. The van der Waals surface area contributed by atoms with Gasteiger partial charge >= 0.3 is 0 Å². The Morgan fingerprint density at radius 2 is 1.81 bits per heavy atom. The lowest BCUT2D eigenvalue weighted by molar-refractivity contribution is 0.174. The fraction of sp³-hybridized carbons (Fsp3) is 0.222. The van der Waals surface area contributed by atoms with Crippen LogP contribution in [0.25, 0.3) is 17.2 Å². The molecule has 106 valence electrons. The average molecular weight is 296 g/mol. The fourth-order valence-corrected chi connectivity index (χ4v) is 3.74. The molecule has 0 aliphatic carbocycles. The molecule has 3 heteroatoms. The number of thioether (sulfide) groups is 1. The molecule has 0 bridgehead atoms. The molecule has 0 saturated carbocycles. The van der Waals surface area contributed by atoms with E-state index < -0.39 is 0 Å². The number of hydrogen-bond donors (Lipinski definition) is 0. The summed E-state index contributed by atoms with van der Waals surface area (Å²) >= 11 is 1.95. The Labute approximate surface area is 128 Å². The van der Waals surface area contributed by atoms with Gasteiger partial charge in [-0.15, -0.1) is 11.8 Å². The molecule has 2 nitrogen and oxygen atoms in total. The van der Waals surface area contributed by atoms with E-state index in [1.54, 1.807) is 0 Å². The lowest BCUT2D eigenvalue weighted by Crippen LogP contribution is -1.92. The molecule has 2 aliphatic heterocycles. The Hall–Kier alpha value is -1.87. The summed E-state index contributed by atoms with van der Waals surface area (Å²) in [5, 5.41) is 0.638. The van der Waals surface area contributed by atoms with Gasteiger partial charge in [0.1, 0.15) is 0 Å². The van der Waals surface area contributed by atoms with Gasteiger partial charge in [0.05, 0.1) is 0 Å². The van der Waals surface area contributed by atoms with Crippen LogP contribution in [0.3, 0.4) is 0 Å². The summed E-state index contributed by atoms with van der Waals surface area (Å²) in [4.78, 5) is 1.36. The van der Waals surface area contributed by atoms with Crippen LogP contribution in [-0.2, 0) is 0 Å².